The van der Waals surface area contributed by atoms with E-state index in [-0.39, 0.29) is 11.8 Å². The van der Waals surface area contributed by atoms with Gasteiger partial charge in [0.05, 0.1) is 43.8 Å². The maximum absolute atomic E-state index is 15.0. The van der Waals surface area contributed by atoms with Crippen molar-refractivity contribution in [3.8, 4) is 34.2 Å². The lowest BCUT2D eigenvalue weighted by atomic mass is 10.1. The van der Waals surface area contributed by atoms with E-state index in [2.05, 4.69) is 0 Å². The number of ether oxygens (including phenoxy) is 3. The largest absolute Gasteiger partial charge is 0.497 e. The first-order valence-corrected chi connectivity index (χ1v) is 13.3. The average molecular weight is 558 g/mol. The summed E-state index contributed by atoms with van der Waals surface area (Å²) in [5, 5.41) is 0. The van der Waals surface area contributed by atoms with Gasteiger partial charge in [-0.3, -0.25) is 9.59 Å². The Bertz CT molecular complexity index is 1590. The third-order valence-corrected chi connectivity index (χ3v) is 7.43. The Labute approximate surface area is 238 Å². The van der Waals surface area contributed by atoms with Crippen LogP contribution in [0.5, 0.6) is 17.2 Å². The number of para-hydroxylation sites is 1. The quantitative estimate of drug-likeness (QED) is 0.312. The second-order valence-electron chi connectivity index (χ2n) is 9.70. The molecule has 0 aliphatic carbocycles. The fourth-order valence-electron chi connectivity index (χ4n) is 5.19. The number of piperazine rings is 1. The predicted octanol–water partition coefficient (Wildman–Crippen LogP) is 5.22. The SMILES string of the molecule is COc1cccc(-c2cc(C(=O)N3CCN(C(=O)c4ccc(OC)cc4OC)CC3)c(C)n2-c2ccccc2F)c1. The van der Waals surface area contributed by atoms with Crippen molar-refractivity contribution in [3.05, 3.63) is 95.4 Å². The highest BCUT2D eigenvalue weighted by Crippen LogP contribution is 2.33. The number of carbonyl (C=O) groups is 2. The van der Waals surface area contributed by atoms with Crippen molar-refractivity contribution >= 4 is 11.8 Å². The minimum absolute atomic E-state index is 0.168. The van der Waals surface area contributed by atoms with E-state index in [0.717, 1.165) is 5.56 Å². The molecular formula is C32H32FN3O5. The molecule has 3 aromatic carbocycles. The molecule has 1 aliphatic rings. The van der Waals surface area contributed by atoms with Gasteiger partial charge >= 0.3 is 0 Å². The number of benzene rings is 3. The van der Waals surface area contributed by atoms with Gasteiger partial charge in [-0.1, -0.05) is 24.3 Å². The fraction of sp³-hybridized carbons (Fsp3) is 0.250. The summed E-state index contributed by atoms with van der Waals surface area (Å²) in [4.78, 5) is 30.6. The molecule has 212 valence electrons. The molecule has 2 heterocycles. The van der Waals surface area contributed by atoms with Crippen molar-refractivity contribution in [2.75, 3.05) is 47.5 Å². The van der Waals surface area contributed by atoms with E-state index in [4.69, 9.17) is 14.2 Å². The summed E-state index contributed by atoms with van der Waals surface area (Å²) >= 11 is 0. The van der Waals surface area contributed by atoms with E-state index in [1.807, 2.05) is 31.2 Å². The zero-order valence-electron chi connectivity index (χ0n) is 23.5. The molecule has 0 saturated carbocycles. The second-order valence-corrected chi connectivity index (χ2v) is 9.70. The Morgan fingerprint density at radius 2 is 1.34 bits per heavy atom. The molecule has 1 fully saturated rings. The number of nitrogens with zero attached hydrogens (tertiary/aromatic N) is 3. The van der Waals surface area contributed by atoms with Gasteiger partial charge in [0.25, 0.3) is 11.8 Å². The fourth-order valence-corrected chi connectivity index (χ4v) is 5.19. The molecule has 8 nitrogen and oxygen atoms in total. The van der Waals surface area contributed by atoms with Crippen molar-refractivity contribution in [1.82, 2.24) is 14.4 Å². The second kappa shape index (κ2) is 11.8. The van der Waals surface area contributed by atoms with Crippen LogP contribution in [0, 0.1) is 12.7 Å². The van der Waals surface area contributed by atoms with Gasteiger partial charge < -0.3 is 28.6 Å². The van der Waals surface area contributed by atoms with Crippen molar-refractivity contribution in [2.24, 2.45) is 0 Å². The molecule has 5 rings (SSSR count). The highest BCUT2D eigenvalue weighted by Gasteiger charge is 2.30. The normalized spacial score (nSPS) is 13.2. The number of hydrogen-bond acceptors (Lipinski definition) is 5. The van der Waals surface area contributed by atoms with Crippen LogP contribution in [-0.2, 0) is 0 Å². The number of hydrogen-bond donors (Lipinski definition) is 0. The van der Waals surface area contributed by atoms with Crippen LogP contribution in [0.1, 0.15) is 26.4 Å². The molecule has 0 bridgehead atoms. The molecule has 0 unspecified atom stereocenters. The Morgan fingerprint density at radius 3 is 1.98 bits per heavy atom. The van der Waals surface area contributed by atoms with Gasteiger partial charge in [0.2, 0.25) is 0 Å². The van der Waals surface area contributed by atoms with Crippen LogP contribution >= 0.6 is 0 Å². The lowest BCUT2D eigenvalue weighted by Crippen LogP contribution is -2.50. The van der Waals surface area contributed by atoms with E-state index in [1.165, 1.54) is 13.2 Å². The summed E-state index contributed by atoms with van der Waals surface area (Å²) in [7, 11) is 4.65. The average Bonchev–Trinajstić information content (AvgIpc) is 3.36. The number of carbonyl (C=O) groups excluding carboxylic acids is 2. The maximum atomic E-state index is 15.0. The predicted molar refractivity (Wildman–Crippen MR) is 154 cm³/mol. The molecule has 0 spiro atoms. The van der Waals surface area contributed by atoms with Gasteiger partial charge in [-0.05, 0) is 49.4 Å². The van der Waals surface area contributed by atoms with Crippen LogP contribution in [0.2, 0.25) is 0 Å². The zero-order valence-corrected chi connectivity index (χ0v) is 23.5. The van der Waals surface area contributed by atoms with Gasteiger partial charge in [-0.2, -0.15) is 0 Å². The van der Waals surface area contributed by atoms with Gasteiger partial charge in [-0.15, -0.1) is 0 Å². The molecule has 0 radical (unpaired) electrons. The molecule has 41 heavy (non-hydrogen) atoms. The summed E-state index contributed by atoms with van der Waals surface area (Å²) in [6, 6.07) is 20.8. The summed E-state index contributed by atoms with van der Waals surface area (Å²) in [5.41, 5.74) is 3.36. The van der Waals surface area contributed by atoms with E-state index in [0.29, 0.717) is 71.6 Å². The molecule has 1 saturated heterocycles. The van der Waals surface area contributed by atoms with Crippen molar-refractivity contribution in [2.45, 2.75) is 6.92 Å². The number of rotatable bonds is 7. The first-order chi connectivity index (χ1) is 19.9. The molecule has 4 aromatic rings. The number of halogens is 1. The first kappa shape index (κ1) is 27.8. The summed E-state index contributed by atoms with van der Waals surface area (Å²) in [5.74, 6) is 0.955. The van der Waals surface area contributed by atoms with E-state index in [1.54, 1.807) is 71.1 Å². The standard InChI is InChI=1S/C32H32FN3O5/c1-21-26(20-29(22-8-7-9-23(18-22)39-2)36(21)28-11-6-5-10-27(28)33)32(38)35-16-14-34(15-17-35)31(37)25-13-12-24(40-3)19-30(25)41-4/h5-13,18-20H,14-17H2,1-4H3. The van der Waals surface area contributed by atoms with Crippen molar-refractivity contribution in [1.29, 1.82) is 0 Å². The summed E-state index contributed by atoms with van der Waals surface area (Å²) in [6.07, 6.45) is 0. The number of amides is 2. The van der Waals surface area contributed by atoms with Crippen LogP contribution in [0.3, 0.4) is 0 Å². The molecular weight excluding hydrogens is 525 g/mol. The van der Waals surface area contributed by atoms with Gasteiger partial charge in [-0.25, -0.2) is 4.39 Å². The number of aromatic nitrogens is 1. The molecule has 1 aliphatic heterocycles. The zero-order chi connectivity index (χ0) is 29.1. The molecule has 0 N–H and O–H groups in total. The Balaban J connectivity index is 1.42. The van der Waals surface area contributed by atoms with Gasteiger partial charge in [0.15, 0.2) is 0 Å². The third-order valence-electron chi connectivity index (χ3n) is 7.43. The minimum atomic E-state index is -0.393. The lowest BCUT2D eigenvalue weighted by molar-refractivity contribution is 0.0533. The Kier molecular flexibility index (Phi) is 7.96. The minimum Gasteiger partial charge on any atom is -0.497 e. The van der Waals surface area contributed by atoms with E-state index >= 15 is 4.39 Å². The van der Waals surface area contributed by atoms with Crippen molar-refractivity contribution in [3.63, 3.8) is 0 Å². The lowest BCUT2D eigenvalue weighted by Gasteiger charge is -2.35. The Hall–Kier alpha value is -4.79. The van der Waals surface area contributed by atoms with Crippen LogP contribution < -0.4 is 14.2 Å². The third kappa shape index (κ3) is 5.35. The first-order valence-electron chi connectivity index (χ1n) is 13.3. The van der Waals surface area contributed by atoms with Crippen LogP contribution in [0.15, 0.2) is 72.8 Å². The van der Waals surface area contributed by atoms with Gasteiger partial charge in [0, 0.05) is 43.5 Å². The van der Waals surface area contributed by atoms with Crippen molar-refractivity contribution < 1.29 is 28.2 Å². The molecule has 1 aromatic heterocycles. The highest BCUT2D eigenvalue weighted by atomic mass is 19.1. The van der Waals surface area contributed by atoms with Gasteiger partial charge in [0.1, 0.15) is 23.1 Å². The highest BCUT2D eigenvalue weighted by molar-refractivity contribution is 5.99. The number of methoxy groups -OCH3 is 3. The molecule has 9 heteroatoms. The Morgan fingerprint density at radius 1 is 0.707 bits per heavy atom. The smallest absolute Gasteiger partial charge is 0.257 e. The maximum Gasteiger partial charge on any atom is 0.257 e. The monoisotopic (exact) mass is 557 g/mol. The topological polar surface area (TPSA) is 73.2 Å². The summed E-state index contributed by atoms with van der Waals surface area (Å²) in [6.45, 7) is 3.29. The van der Waals surface area contributed by atoms with E-state index in [9.17, 15) is 9.59 Å². The summed E-state index contributed by atoms with van der Waals surface area (Å²) < 4.78 is 32.8. The van der Waals surface area contributed by atoms with Crippen LogP contribution in [0.4, 0.5) is 4.39 Å². The molecule has 0 atom stereocenters. The van der Waals surface area contributed by atoms with E-state index < -0.39 is 5.82 Å². The van der Waals surface area contributed by atoms with Crippen LogP contribution in [0.25, 0.3) is 16.9 Å². The van der Waals surface area contributed by atoms with Crippen LogP contribution in [-0.4, -0.2) is 73.7 Å². The molecule has 2 amide bonds.